The van der Waals surface area contributed by atoms with Crippen LogP contribution in [0.1, 0.15) is 13.3 Å². The second-order valence-corrected chi connectivity index (χ2v) is 3.93. The van der Waals surface area contributed by atoms with E-state index in [4.69, 9.17) is 4.55 Å². The van der Waals surface area contributed by atoms with Gasteiger partial charge in [-0.15, -0.1) is 0 Å². The Hall–Kier alpha value is -0.880. The molecule has 0 bridgehead atoms. The predicted octanol–water partition coefficient (Wildman–Crippen LogP) is 0.382. The van der Waals surface area contributed by atoms with Crippen LogP contribution in [0, 0.1) is 0 Å². The van der Waals surface area contributed by atoms with Crippen molar-refractivity contribution in [3.63, 3.8) is 0 Å². The zero-order chi connectivity index (χ0) is 10.5. The molecule has 1 N–H and O–H groups in total. The molecule has 0 saturated carbocycles. The minimum absolute atomic E-state index is 0.0190. The van der Waals surface area contributed by atoms with Crippen LogP contribution in [-0.4, -0.2) is 30.8 Å². The van der Waals surface area contributed by atoms with E-state index in [2.05, 4.69) is 11.3 Å². The molecule has 6 heteroatoms. The van der Waals surface area contributed by atoms with E-state index in [0.717, 1.165) is 0 Å². The maximum Gasteiger partial charge on any atom is 0.327 e. The van der Waals surface area contributed by atoms with Crippen molar-refractivity contribution in [3.05, 3.63) is 12.7 Å². The summed E-state index contributed by atoms with van der Waals surface area (Å²) in [7, 11) is -4.35. The highest BCUT2D eigenvalue weighted by Crippen LogP contribution is 2.05. The quantitative estimate of drug-likeness (QED) is 0.401. The molecule has 76 valence electrons. The van der Waals surface area contributed by atoms with Gasteiger partial charge in [-0.1, -0.05) is 19.6 Å². The van der Waals surface area contributed by atoms with Gasteiger partial charge in [-0.2, -0.15) is 8.42 Å². The van der Waals surface area contributed by atoms with Crippen molar-refractivity contribution in [2.45, 2.75) is 18.6 Å². The molecule has 0 heterocycles. The van der Waals surface area contributed by atoms with Gasteiger partial charge in [0.15, 0.2) is 5.25 Å². The SMILES string of the molecule is C=CCOC(=O)C(CC)S(=O)(=O)O. The Morgan fingerprint density at radius 2 is 2.23 bits per heavy atom. The van der Waals surface area contributed by atoms with E-state index in [1.165, 1.54) is 13.0 Å². The fourth-order valence-corrected chi connectivity index (χ4v) is 1.47. The fraction of sp³-hybridized carbons (Fsp3) is 0.571. The fourth-order valence-electron chi connectivity index (χ4n) is 0.733. The molecule has 0 amide bonds. The summed E-state index contributed by atoms with van der Waals surface area (Å²) in [5.41, 5.74) is 0. The van der Waals surface area contributed by atoms with Gasteiger partial charge in [0.1, 0.15) is 6.61 Å². The monoisotopic (exact) mass is 208 g/mol. The van der Waals surface area contributed by atoms with E-state index >= 15 is 0 Å². The van der Waals surface area contributed by atoms with Crippen molar-refractivity contribution in [3.8, 4) is 0 Å². The minimum Gasteiger partial charge on any atom is -0.460 e. The number of ether oxygens (including phenoxy) is 1. The van der Waals surface area contributed by atoms with Crippen LogP contribution in [0.5, 0.6) is 0 Å². The molecule has 0 aromatic heterocycles. The van der Waals surface area contributed by atoms with Crippen molar-refractivity contribution in [1.82, 2.24) is 0 Å². The molecule has 5 nitrogen and oxygen atoms in total. The van der Waals surface area contributed by atoms with Crippen molar-refractivity contribution in [2.75, 3.05) is 6.61 Å². The van der Waals surface area contributed by atoms with Crippen LogP contribution in [0.25, 0.3) is 0 Å². The molecule has 0 aliphatic carbocycles. The molecular weight excluding hydrogens is 196 g/mol. The predicted molar refractivity (Wildman–Crippen MR) is 46.8 cm³/mol. The summed E-state index contributed by atoms with van der Waals surface area (Å²) < 4.78 is 34.3. The molecule has 0 rings (SSSR count). The van der Waals surface area contributed by atoms with E-state index in [9.17, 15) is 13.2 Å². The zero-order valence-electron chi connectivity index (χ0n) is 7.26. The second-order valence-electron chi connectivity index (χ2n) is 2.33. The van der Waals surface area contributed by atoms with E-state index in [1.54, 1.807) is 0 Å². The molecular formula is C7H12O5S. The third kappa shape index (κ3) is 4.05. The van der Waals surface area contributed by atoms with E-state index in [0.29, 0.717) is 0 Å². The summed E-state index contributed by atoms with van der Waals surface area (Å²) in [6.07, 6.45) is 1.30. The lowest BCUT2D eigenvalue weighted by Crippen LogP contribution is -2.31. The Labute approximate surface area is 77.1 Å². The molecule has 0 fully saturated rings. The number of hydrogen-bond donors (Lipinski definition) is 1. The molecule has 1 atom stereocenters. The van der Waals surface area contributed by atoms with Gasteiger partial charge in [0.25, 0.3) is 10.1 Å². The van der Waals surface area contributed by atoms with Crippen LogP contribution >= 0.6 is 0 Å². The summed E-state index contributed by atoms with van der Waals surface area (Å²) in [4.78, 5) is 11.0. The van der Waals surface area contributed by atoms with Crippen LogP contribution in [-0.2, 0) is 19.6 Å². The maximum atomic E-state index is 11.0. The molecule has 0 radical (unpaired) electrons. The molecule has 0 saturated heterocycles. The average molecular weight is 208 g/mol. The zero-order valence-corrected chi connectivity index (χ0v) is 8.08. The Bertz CT molecular complexity index is 279. The van der Waals surface area contributed by atoms with Crippen LogP contribution in [0.3, 0.4) is 0 Å². The molecule has 1 unspecified atom stereocenters. The normalized spacial score (nSPS) is 13.4. The summed E-state index contributed by atoms with van der Waals surface area (Å²) in [6, 6.07) is 0. The van der Waals surface area contributed by atoms with Crippen molar-refractivity contribution >= 4 is 16.1 Å². The van der Waals surface area contributed by atoms with Crippen LogP contribution < -0.4 is 0 Å². The second kappa shape index (κ2) is 4.98. The average Bonchev–Trinajstić information content (AvgIpc) is 1.99. The molecule has 0 aliphatic rings. The van der Waals surface area contributed by atoms with Crippen LogP contribution in [0.4, 0.5) is 0 Å². The first-order valence-corrected chi connectivity index (χ1v) is 5.17. The Kier molecular flexibility index (Phi) is 4.64. The van der Waals surface area contributed by atoms with Gasteiger partial charge in [-0.25, -0.2) is 0 Å². The highest BCUT2D eigenvalue weighted by molar-refractivity contribution is 7.87. The molecule has 0 aromatic rings. The lowest BCUT2D eigenvalue weighted by molar-refractivity contribution is -0.142. The Morgan fingerprint density at radius 1 is 1.69 bits per heavy atom. The lowest BCUT2D eigenvalue weighted by atomic mass is 10.3. The summed E-state index contributed by atoms with van der Waals surface area (Å²) in [6.45, 7) is 4.69. The summed E-state index contributed by atoms with van der Waals surface area (Å²) in [5, 5.41) is -1.49. The number of rotatable bonds is 5. The summed E-state index contributed by atoms with van der Waals surface area (Å²) >= 11 is 0. The molecule has 0 aliphatic heterocycles. The van der Waals surface area contributed by atoms with E-state index < -0.39 is 21.3 Å². The third-order valence-corrected chi connectivity index (χ3v) is 2.58. The molecule has 13 heavy (non-hydrogen) atoms. The van der Waals surface area contributed by atoms with Gasteiger partial charge < -0.3 is 4.74 Å². The number of carbonyl (C=O) groups is 1. The first-order valence-electron chi connectivity index (χ1n) is 3.67. The smallest absolute Gasteiger partial charge is 0.327 e. The lowest BCUT2D eigenvalue weighted by Gasteiger charge is -2.09. The molecule has 0 aromatic carbocycles. The maximum absolute atomic E-state index is 11.0. The van der Waals surface area contributed by atoms with Crippen molar-refractivity contribution in [2.24, 2.45) is 0 Å². The molecule has 0 spiro atoms. The largest absolute Gasteiger partial charge is 0.460 e. The van der Waals surface area contributed by atoms with Crippen LogP contribution in [0.2, 0.25) is 0 Å². The summed E-state index contributed by atoms with van der Waals surface area (Å²) in [5.74, 6) is -0.954. The highest BCUT2D eigenvalue weighted by atomic mass is 32.2. The third-order valence-electron chi connectivity index (χ3n) is 1.34. The van der Waals surface area contributed by atoms with E-state index in [-0.39, 0.29) is 13.0 Å². The van der Waals surface area contributed by atoms with Gasteiger partial charge in [0, 0.05) is 0 Å². The van der Waals surface area contributed by atoms with Crippen molar-refractivity contribution in [1.29, 1.82) is 0 Å². The first-order chi connectivity index (χ1) is 5.93. The van der Waals surface area contributed by atoms with Crippen LogP contribution in [0.15, 0.2) is 12.7 Å². The highest BCUT2D eigenvalue weighted by Gasteiger charge is 2.30. The number of esters is 1. The standard InChI is InChI=1S/C7H12O5S/c1-3-5-12-7(8)6(4-2)13(9,10)11/h3,6H,1,4-5H2,2H3,(H,9,10,11). The van der Waals surface area contributed by atoms with Gasteiger partial charge in [-0.3, -0.25) is 9.35 Å². The Balaban J connectivity index is 4.42. The number of hydrogen-bond acceptors (Lipinski definition) is 4. The van der Waals surface area contributed by atoms with E-state index in [1.807, 2.05) is 0 Å². The first kappa shape index (κ1) is 12.1. The van der Waals surface area contributed by atoms with Gasteiger partial charge in [0.05, 0.1) is 0 Å². The van der Waals surface area contributed by atoms with Gasteiger partial charge in [0.2, 0.25) is 0 Å². The Morgan fingerprint density at radius 3 is 2.54 bits per heavy atom. The minimum atomic E-state index is -4.35. The van der Waals surface area contributed by atoms with Crippen molar-refractivity contribution < 1.29 is 22.5 Å². The van der Waals surface area contributed by atoms with Gasteiger partial charge in [-0.05, 0) is 6.42 Å². The number of carbonyl (C=O) groups excluding carboxylic acids is 1. The topological polar surface area (TPSA) is 80.7 Å². The van der Waals surface area contributed by atoms with Gasteiger partial charge >= 0.3 is 5.97 Å².